The fourth-order valence-electron chi connectivity index (χ4n) is 4.72. The Hall–Kier alpha value is -4.15. The van der Waals surface area contributed by atoms with Gasteiger partial charge in [0.1, 0.15) is 18.5 Å². The van der Waals surface area contributed by atoms with E-state index in [9.17, 15) is 14.7 Å². The number of aliphatic carboxylic acids is 1. The van der Waals surface area contributed by atoms with Crippen LogP contribution in [0.25, 0.3) is 5.65 Å². The van der Waals surface area contributed by atoms with Gasteiger partial charge in [0, 0.05) is 49.8 Å². The van der Waals surface area contributed by atoms with Crippen LogP contribution >= 0.6 is 0 Å². The number of anilines is 1. The second-order valence-corrected chi connectivity index (χ2v) is 8.97. The molecule has 0 spiro atoms. The van der Waals surface area contributed by atoms with Crippen LogP contribution in [-0.4, -0.2) is 74.1 Å². The van der Waals surface area contributed by atoms with Gasteiger partial charge in [0.25, 0.3) is 0 Å². The molecule has 3 N–H and O–H groups in total. The number of nitrogens with zero attached hydrogens (tertiary/aromatic N) is 6. The molecule has 3 unspecified atom stereocenters. The molecule has 182 valence electrons. The van der Waals surface area contributed by atoms with Crippen LogP contribution < -0.4 is 5.73 Å². The number of carbonyl (C=O) groups excluding carboxylic acids is 1. The van der Waals surface area contributed by atoms with Crippen molar-refractivity contribution in [3.63, 3.8) is 0 Å². The lowest BCUT2D eigenvalue weighted by atomic mass is 9.90. The minimum absolute atomic E-state index is 0.0480. The third-order valence-electron chi connectivity index (χ3n) is 6.58. The molecule has 0 saturated carbocycles. The van der Waals surface area contributed by atoms with Crippen LogP contribution in [0.2, 0.25) is 0 Å². The number of carboxylic acids is 1. The summed E-state index contributed by atoms with van der Waals surface area (Å²) in [5.74, 6) is -0.763. The van der Waals surface area contributed by atoms with E-state index in [0.29, 0.717) is 30.0 Å². The number of aromatic nitrogens is 3. The van der Waals surface area contributed by atoms with E-state index in [0.717, 1.165) is 17.7 Å². The van der Waals surface area contributed by atoms with Crippen molar-refractivity contribution in [2.24, 2.45) is 5.10 Å². The maximum Gasteiger partial charge on any atom is 0.410 e. The molecule has 11 nitrogen and oxygen atoms in total. The Morgan fingerprint density at radius 2 is 2.00 bits per heavy atom. The van der Waals surface area contributed by atoms with Crippen LogP contribution in [0, 0.1) is 0 Å². The first-order valence-electron chi connectivity index (χ1n) is 11.5. The monoisotopic (exact) mass is 477 g/mol. The Kier molecular flexibility index (Phi) is 5.98. The van der Waals surface area contributed by atoms with E-state index in [1.165, 1.54) is 4.90 Å². The van der Waals surface area contributed by atoms with Gasteiger partial charge in [0.15, 0.2) is 5.65 Å². The second kappa shape index (κ2) is 9.24. The number of hydrazone groups is 1. The highest BCUT2D eigenvalue weighted by Crippen LogP contribution is 2.32. The average Bonchev–Trinajstić information content (AvgIpc) is 3.49. The van der Waals surface area contributed by atoms with Crippen LogP contribution in [0.5, 0.6) is 0 Å². The predicted molar refractivity (Wildman–Crippen MR) is 128 cm³/mol. The van der Waals surface area contributed by atoms with Crippen molar-refractivity contribution >= 4 is 29.7 Å². The van der Waals surface area contributed by atoms with Crippen LogP contribution in [0.4, 0.5) is 10.6 Å². The van der Waals surface area contributed by atoms with Crippen LogP contribution in [0.15, 0.2) is 47.7 Å². The van der Waals surface area contributed by atoms with Gasteiger partial charge in [0.2, 0.25) is 0 Å². The van der Waals surface area contributed by atoms with Gasteiger partial charge in [-0.05, 0) is 18.4 Å². The van der Waals surface area contributed by atoms with Crippen molar-refractivity contribution in [1.29, 1.82) is 0 Å². The van der Waals surface area contributed by atoms with E-state index in [1.807, 2.05) is 48.6 Å². The highest BCUT2D eigenvalue weighted by atomic mass is 16.6. The van der Waals surface area contributed by atoms with Gasteiger partial charge in [-0.25, -0.2) is 14.6 Å². The number of likely N-dealkylation sites (N-methyl/N-ethyl adjacent to an activating group) is 1. The number of nitrogens with two attached hydrogens (primary N) is 1. The van der Waals surface area contributed by atoms with Gasteiger partial charge in [0.05, 0.1) is 11.9 Å². The highest BCUT2D eigenvalue weighted by Gasteiger charge is 2.38. The molecule has 5 rings (SSSR count). The molecular weight excluding hydrogens is 450 g/mol. The van der Waals surface area contributed by atoms with Crippen molar-refractivity contribution < 1.29 is 19.4 Å². The van der Waals surface area contributed by atoms with E-state index in [-0.39, 0.29) is 25.0 Å². The summed E-state index contributed by atoms with van der Waals surface area (Å²) < 4.78 is 7.05. The zero-order chi connectivity index (χ0) is 24.5. The minimum Gasteiger partial charge on any atom is -0.480 e. The molecule has 11 heteroatoms. The van der Waals surface area contributed by atoms with E-state index in [4.69, 9.17) is 15.5 Å². The van der Waals surface area contributed by atoms with E-state index >= 15 is 0 Å². The number of fused-ring (bicyclic) bond motifs is 1. The summed E-state index contributed by atoms with van der Waals surface area (Å²) in [4.78, 5) is 31.0. The lowest BCUT2D eigenvalue weighted by Gasteiger charge is -2.36. The Balaban J connectivity index is 1.39. The van der Waals surface area contributed by atoms with Gasteiger partial charge in [-0.15, -0.1) is 0 Å². The summed E-state index contributed by atoms with van der Waals surface area (Å²) >= 11 is 0. The second-order valence-electron chi connectivity index (χ2n) is 8.97. The minimum atomic E-state index is -1.05. The first kappa shape index (κ1) is 22.6. The molecule has 3 aromatic rings. The van der Waals surface area contributed by atoms with Crippen LogP contribution in [0.1, 0.15) is 41.5 Å². The summed E-state index contributed by atoms with van der Waals surface area (Å²) in [6.45, 7) is 0.961. The molecule has 1 saturated heterocycles. The van der Waals surface area contributed by atoms with Crippen molar-refractivity contribution in [2.45, 2.75) is 37.3 Å². The van der Waals surface area contributed by atoms with Crippen molar-refractivity contribution in [2.75, 3.05) is 25.9 Å². The van der Waals surface area contributed by atoms with Gasteiger partial charge < -0.3 is 15.6 Å². The van der Waals surface area contributed by atoms with Gasteiger partial charge >= 0.3 is 12.1 Å². The molecule has 2 aliphatic heterocycles. The Morgan fingerprint density at radius 1 is 1.20 bits per heavy atom. The molecular formula is C24H27N7O4. The number of carbonyl (C=O) groups is 2. The SMILES string of the molecule is CN1CC(c2cnn3c(N)cc(C4CCC(C(=O)O)N(C(=O)OCc5ccccc5)C4)nc23)C=N1. The molecule has 1 aromatic carbocycles. The molecule has 4 heterocycles. The molecule has 1 fully saturated rings. The number of piperidine rings is 1. The van der Waals surface area contributed by atoms with E-state index < -0.39 is 18.1 Å². The van der Waals surface area contributed by atoms with Crippen LogP contribution in [0.3, 0.4) is 0 Å². The first-order valence-corrected chi connectivity index (χ1v) is 11.5. The molecule has 0 radical (unpaired) electrons. The number of likely N-dealkylation sites (tertiary alicyclic amines) is 1. The number of benzene rings is 1. The first-order chi connectivity index (χ1) is 16.9. The fourth-order valence-corrected chi connectivity index (χ4v) is 4.72. The largest absolute Gasteiger partial charge is 0.480 e. The van der Waals surface area contributed by atoms with E-state index in [2.05, 4.69) is 10.2 Å². The van der Waals surface area contributed by atoms with Crippen molar-refractivity contribution in [1.82, 2.24) is 24.5 Å². The molecule has 2 aromatic heterocycles. The quantitative estimate of drug-likeness (QED) is 0.571. The van der Waals surface area contributed by atoms with Crippen molar-refractivity contribution in [3.8, 4) is 0 Å². The number of hydrogen-bond acceptors (Lipinski definition) is 8. The number of ether oxygens (including phenoxy) is 1. The predicted octanol–water partition coefficient (Wildman–Crippen LogP) is 2.30. The topological polar surface area (TPSA) is 139 Å². The summed E-state index contributed by atoms with van der Waals surface area (Å²) in [7, 11) is 1.90. The normalized spacial score (nSPS) is 22.0. The Bertz CT molecular complexity index is 1280. The number of hydrogen-bond donors (Lipinski definition) is 2. The maximum atomic E-state index is 12.9. The summed E-state index contributed by atoms with van der Waals surface area (Å²) in [5.41, 5.74) is 9.40. The summed E-state index contributed by atoms with van der Waals surface area (Å²) in [6.07, 6.45) is 3.81. The lowest BCUT2D eigenvalue weighted by molar-refractivity contribution is -0.144. The third kappa shape index (κ3) is 4.48. The summed E-state index contributed by atoms with van der Waals surface area (Å²) in [6, 6.07) is 10.1. The van der Waals surface area contributed by atoms with Crippen molar-refractivity contribution in [3.05, 3.63) is 59.4 Å². The Morgan fingerprint density at radius 3 is 2.71 bits per heavy atom. The number of rotatable bonds is 5. The molecule has 0 aliphatic carbocycles. The lowest BCUT2D eigenvalue weighted by Crippen LogP contribution is -2.50. The molecule has 35 heavy (non-hydrogen) atoms. The number of carboxylic acid groups (broad SMARTS) is 1. The van der Waals surface area contributed by atoms with Gasteiger partial charge in [-0.2, -0.15) is 14.7 Å². The molecule has 3 atom stereocenters. The maximum absolute atomic E-state index is 12.9. The molecule has 1 amide bonds. The zero-order valence-electron chi connectivity index (χ0n) is 19.3. The molecule has 0 bridgehead atoms. The number of nitrogen functional groups attached to an aromatic ring is 1. The summed E-state index contributed by atoms with van der Waals surface area (Å²) in [5, 5.41) is 20.3. The van der Waals surface area contributed by atoms with Gasteiger partial charge in [-0.3, -0.25) is 9.91 Å². The standard InChI is InChI=1S/C24H27N7O4/c1-29-12-17(10-26-29)18-11-27-31-21(25)9-19(28-22(18)31)16-7-8-20(23(32)33)30(13-16)24(34)35-14-15-5-3-2-4-6-15/h2-6,9-11,16-17,20H,7-8,12-14,25H2,1H3,(H,32,33). The van der Waals surface area contributed by atoms with Crippen LogP contribution in [-0.2, 0) is 16.1 Å². The molecule has 2 aliphatic rings. The zero-order valence-corrected chi connectivity index (χ0v) is 19.3. The number of amides is 1. The van der Waals surface area contributed by atoms with E-state index in [1.54, 1.807) is 16.8 Å². The van der Waals surface area contributed by atoms with Gasteiger partial charge in [-0.1, -0.05) is 30.3 Å². The third-order valence-corrected chi connectivity index (χ3v) is 6.58. The fraction of sp³-hybridized carbons (Fsp3) is 0.375. The Labute approximate surface area is 201 Å². The smallest absolute Gasteiger partial charge is 0.410 e. The average molecular weight is 478 g/mol. The highest BCUT2D eigenvalue weighted by molar-refractivity contribution is 5.80.